The number of amides is 2. The van der Waals surface area contributed by atoms with Crippen molar-refractivity contribution in [2.75, 3.05) is 13.1 Å². The fourth-order valence-corrected chi connectivity index (χ4v) is 5.54. The van der Waals surface area contributed by atoms with E-state index in [1.807, 2.05) is 0 Å². The van der Waals surface area contributed by atoms with Gasteiger partial charge >= 0.3 is 6.18 Å². The number of rotatable bonds is 4. The molecule has 2 saturated heterocycles. The monoisotopic (exact) mass is 536 g/mol. The molecular weight excluding hydrogens is 517 g/mol. The highest BCUT2D eigenvalue weighted by Gasteiger charge is 2.43. The van der Waals surface area contributed by atoms with Crippen LogP contribution in [0.15, 0.2) is 47.5 Å². The summed E-state index contributed by atoms with van der Waals surface area (Å²) < 4.78 is 41.9. The first-order valence-electron chi connectivity index (χ1n) is 11.1. The SMILES string of the molecule is O=C1SC(=Cc2ccc3c(cnn3Cc3ccc(Cl)cc3C(F)(F)F)c2)C(=O)N1[C@@H]1CCNC[C@H]1O. The molecule has 2 atom stereocenters. The second-order valence-electron chi connectivity index (χ2n) is 8.60. The van der Waals surface area contributed by atoms with Gasteiger partial charge in [0, 0.05) is 17.0 Å². The number of carbonyl (C=O) groups excluding carboxylic acids is 2. The largest absolute Gasteiger partial charge is 0.416 e. The van der Waals surface area contributed by atoms with E-state index in [0.717, 1.165) is 22.7 Å². The summed E-state index contributed by atoms with van der Waals surface area (Å²) >= 11 is 6.59. The number of fused-ring (bicyclic) bond motifs is 1. The summed E-state index contributed by atoms with van der Waals surface area (Å²) in [6, 6.07) is 8.24. The molecule has 1 aromatic heterocycles. The zero-order valence-corrected chi connectivity index (χ0v) is 20.2. The molecular formula is C24H20ClF3N4O3S. The number of β-amino-alcohol motifs (C(OH)–C–C–N with tert-alkyl or cyclic N) is 1. The Bertz CT molecular complexity index is 1390. The zero-order valence-electron chi connectivity index (χ0n) is 18.6. The van der Waals surface area contributed by atoms with Crippen LogP contribution in [0.25, 0.3) is 17.0 Å². The molecule has 2 aromatic carbocycles. The number of aliphatic hydroxyl groups excluding tert-OH is 1. The van der Waals surface area contributed by atoms with Crippen LogP contribution in [0, 0.1) is 0 Å². The van der Waals surface area contributed by atoms with E-state index >= 15 is 0 Å². The number of nitrogens with zero attached hydrogens (tertiary/aromatic N) is 3. The number of piperidine rings is 1. The van der Waals surface area contributed by atoms with Crippen LogP contribution in [0.3, 0.4) is 0 Å². The molecule has 12 heteroatoms. The average molecular weight is 537 g/mol. The van der Waals surface area contributed by atoms with Gasteiger partial charge in [0.05, 0.1) is 40.9 Å². The van der Waals surface area contributed by atoms with Crippen LogP contribution in [0.5, 0.6) is 0 Å². The lowest BCUT2D eigenvalue weighted by atomic mass is 10.0. The number of nitrogens with one attached hydrogen (secondary N) is 1. The maximum Gasteiger partial charge on any atom is 0.416 e. The van der Waals surface area contributed by atoms with Crippen molar-refractivity contribution in [2.24, 2.45) is 0 Å². The van der Waals surface area contributed by atoms with Gasteiger partial charge in [-0.1, -0.05) is 23.7 Å². The van der Waals surface area contributed by atoms with Crippen molar-refractivity contribution in [3.05, 3.63) is 69.2 Å². The molecule has 2 aliphatic rings. The van der Waals surface area contributed by atoms with Gasteiger partial charge in [0.1, 0.15) is 0 Å². The number of carbonyl (C=O) groups is 2. The Balaban J connectivity index is 1.40. The Morgan fingerprint density at radius 3 is 2.78 bits per heavy atom. The van der Waals surface area contributed by atoms with Gasteiger partial charge in [-0.3, -0.25) is 19.2 Å². The number of aromatic nitrogens is 2. The Labute approximate surface area is 212 Å². The third-order valence-corrected chi connectivity index (χ3v) is 7.35. The number of hydrogen-bond donors (Lipinski definition) is 2. The van der Waals surface area contributed by atoms with Crippen LogP contribution in [0.1, 0.15) is 23.1 Å². The Morgan fingerprint density at radius 1 is 1.22 bits per heavy atom. The van der Waals surface area contributed by atoms with Gasteiger partial charge in [0.15, 0.2) is 0 Å². The van der Waals surface area contributed by atoms with Crippen LogP contribution in [-0.4, -0.2) is 56.2 Å². The van der Waals surface area contributed by atoms with Gasteiger partial charge in [-0.15, -0.1) is 0 Å². The van der Waals surface area contributed by atoms with Crippen molar-refractivity contribution < 1.29 is 27.9 Å². The lowest BCUT2D eigenvalue weighted by Crippen LogP contribution is -2.54. The van der Waals surface area contributed by atoms with Crippen LogP contribution >= 0.6 is 23.4 Å². The summed E-state index contributed by atoms with van der Waals surface area (Å²) in [5.74, 6) is -0.450. The number of thioether (sulfide) groups is 1. The summed E-state index contributed by atoms with van der Waals surface area (Å²) in [5, 5.41) is 17.7. The summed E-state index contributed by atoms with van der Waals surface area (Å²) in [5.41, 5.74) is 0.474. The number of imide groups is 1. The summed E-state index contributed by atoms with van der Waals surface area (Å²) in [6.45, 7) is 0.808. The molecule has 0 spiro atoms. The fourth-order valence-electron chi connectivity index (χ4n) is 4.48. The van der Waals surface area contributed by atoms with E-state index in [2.05, 4.69) is 10.4 Å². The van der Waals surface area contributed by atoms with E-state index in [-0.39, 0.29) is 22.0 Å². The minimum atomic E-state index is -4.55. The molecule has 3 heterocycles. The summed E-state index contributed by atoms with van der Waals surface area (Å²) in [4.78, 5) is 26.8. The van der Waals surface area contributed by atoms with E-state index in [0.29, 0.717) is 36.0 Å². The molecule has 2 aliphatic heterocycles. The van der Waals surface area contributed by atoms with E-state index in [1.54, 1.807) is 24.3 Å². The highest BCUT2D eigenvalue weighted by atomic mass is 35.5. The number of aliphatic hydroxyl groups is 1. The summed E-state index contributed by atoms with van der Waals surface area (Å²) in [6.07, 6.45) is -1.78. The molecule has 188 valence electrons. The molecule has 3 aromatic rings. The second-order valence-corrected chi connectivity index (χ2v) is 10.0. The Morgan fingerprint density at radius 2 is 2.03 bits per heavy atom. The van der Waals surface area contributed by atoms with Crippen LogP contribution in [-0.2, 0) is 17.5 Å². The lowest BCUT2D eigenvalue weighted by Gasteiger charge is -2.33. The van der Waals surface area contributed by atoms with Crippen molar-refractivity contribution in [3.63, 3.8) is 0 Å². The maximum atomic E-state index is 13.5. The molecule has 0 aliphatic carbocycles. The highest BCUT2D eigenvalue weighted by molar-refractivity contribution is 8.18. The van der Waals surface area contributed by atoms with Gasteiger partial charge in [-0.05, 0) is 66.2 Å². The predicted molar refractivity (Wildman–Crippen MR) is 130 cm³/mol. The quantitative estimate of drug-likeness (QED) is 0.477. The van der Waals surface area contributed by atoms with Crippen molar-refractivity contribution in [2.45, 2.75) is 31.3 Å². The molecule has 36 heavy (non-hydrogen) atoms. The van der Waals surface area contributed by atoms with Gasteiger partial charge in [0.2, 0.25) is 0 Å². The third kappa shape index (κ3) is 4.75. The van der Waals surface area contributed by atoms with Crippen LogP contribution in [0.4, 0.5) is 18.0 Å². The Hall–Kier alpha value is -2.86. The minimum Gasteiger partial charge on any atom is -0.390 e. The van der Waals surface area contributed by atoms with Crippen LogP contribution in [0.2, 0.25) is 5.02 Å². The molecule has 0 unspecified atom stereocenters. The average Bonchev–Trinajstić information content (AvgIpc) is 3.34. The molecule has 5 rings (SSSR count). The van der Waals surface area contributed by atoms with E-state index in [1.165, 1.54) is 23.0 Å². The normalized spacial score (nSPS) is 22.2. The Kier molecular flexibility index (Phi) is 6.58. The van der Waals surface area contributed by atoms with Crippen molar-refractivity contribution in [1.29, 1.82) is 0 Å². The molecule has 2 N–H and O–H groups in total. The first-order chi connectivity index (χ1) is 17.1. The molecule has 2 fully saturated rings. The van der Waals surface area contributed by atoms with E-state index < -0.39 is 35.0 Å². The van der Waals surface area contributed by atoms with Crippen molar-refractivity contribution >= 4 is 51.5 Å². The first-order valence-corrected chi connectivity index (χ1v) is 12.3. The molecule has 0 bridgehead atoms. The lowest BCUT2D eigenvalue weighted by molar-refractivity contribution is -0.138. The molecule has 2 amide bonds. The highest BCUT2D eigenvalue weighted by Crippen LogP contribution is 2.36. The summed E-state index contributed by atoms with van der Waals surface area (Å²) in [7, 11) is 0. The smallest absolute Gasteiger partial charge is 0.390 e. The molecule has 7 nitrogen and oxygen atoms in total. The fraction of sp³-hybridized carbons (Fsp3) is 0.292. The molecule has 0 radical (unpaired) electrons. The predicted octanol–water partition coefficient (Wildman–Crippen LogP) is 4.52. The van der Waals surface area contributed by atoms with Gasteiger partial charge in [0.25, 0.3) is 11.1 Å². The van der Waals surface area contributed by atoms with Crippen LogP contribution < -0.4 is 5.32 Å². The number of benzene rings is 2. The van der Waals surface area contributed by atoms with Gasteiger partial charge in [-0.25, -0.2) is 0 Å². The van der Waals surface area contributed by atoms with Gasteiger partial charge < -0.3 is 10.4 Å². The zero-order chi connectivity index (χ0) is 25.6. The standard InChI is InChI=1S/C24H20ClF3N4O3S/c25-16-3-2-14(17(9-16)24(26,27)28)12-31-18-4-1-13(7-15(18)10-30-31)8-21-22(34)32(23(35)36-21)19-5-6-29-11-20(19)33/h1-4,7-10,19-20,29,33H,5-6,11-12H2/t19-,20-/m1/s1. The number of hydrogen-bond acceptors (Lipinski definition) is 6. The van der Waals surface area contributed by atoms with Crippen molar-refractivity contribution in [1.82, 2.24) is 20.0 Å². The van der Waals surface area contributed by atoms with E-state index in [4.69, 9.17) is 11.6 Å². The minimum absolute atomic E-state index is 0.000108. The van der Waals surface area contributed by atoms with Crippen molar-refractivity contribution in [3.8, 4) is 0 Å². The third-order valence-electron chi connectivity index (χ3n) is 6.23. The first kappa shape index (κ1) is 24.8. The number of halogens is 4. The topological polar surface area (TPSA) is 87.5 Å². The van der Waals surface area contributed by atoms with E-state index in [9.17, 15) is 27.9 Å². The maximum absolute atomic E-state index is 13.5. The second kappa shape index (κ2) is 9.55. The molecule has 0 saturated carbocycles. The van der Waals surface area contributed by atoms with Gasteiger partial charge in [-0.2, -0.15) is 18.3 Å². The number of alkyl halides is 3.